The summed E-state index contributed by atoms with van der Waals surface area (Å²) in [6.07, 6.45) is 5.53. The Labute approximate surface area is 104 Å². The number of rotatable bonds is 3. The number of hydrogen-bond acceptors (Lipinski definition) is 3. The van der Waals surface area contributed by atoms with Crippen LogP contribution in [-0.2, 0) is 9.53 Å². The van der Waals surface area contributed by atoms with E-state index < -0.39 is 0 Å². The van der Waals surface area contributed by atoms with Crippen LogP contribution in [0.3, 0.4) is 0 Å². The second-order valence-corrected chi connectivity index (χ2v) is 6.67. The maximum Gasteiger partial charge on any atom is 0.136 e. The van der Waals surface area contributed by atoms with E-state index in [1.165, 1.54) is 12.8 Å². The van der Waals surface area contributed by atoms with Crippen molar-refractivity contribution in [3.05, 3.63) is 0 Å². The Morgan fingerprint density at radius 3 is 2.35 bits per heavy atom. The number of Topliss-reactive ketones (excluding diaryl/α,β-unsaturated/α-hetero) is 1. The molecule has 96 valence electrons. The fourth-order valence-corrected chi connectivity index (χ4v) is 3.79. The summed E-state index contributed by atoms with van der Waals surface area (Å²) in [5, 5.41) is 0. The van der Waals surface area contributed by atoms with Crippen LogP contribution < -0.4 is 0 Å². The van der Waals surface area contributed by atoms with Crippen LogP contribution in [-0.4, -0.2) is 43.0 Å². The minimum absolute atomic E-state index is 0.152. The van der Waals surface area contributed by atoms with Gasteiger partial charge in [-0.2, -0.15) is 0 Å². The maximum absolute atomic E-state index is 12.4. The van der Waals surface area contributed by atoms with Gasteiger partial charge in [-0.1, -0.05) is 6.92 Å². The molecule has 0 spiro atoms. The highest BCUT2D eigenvalue weighted by Crippen LogP contribution is 2.40. The molecule has 2 atom stereocenters. The van der Waals surface area contributed by atoms with Crippen molar-refractivity contribution in [2.75, 3.05) is 20.3 Å². The highest BCUT2D eigenvalue weighted by molar-refractivity contribution is 5.82. The third kappa shape index (κ3) is 2.04. The number of ketones is 1. The normalized spacial score (nSPS) is 40.0. The predicted octanol–water partition coefficient (Wildman–Crippen LogP) is 1.85. The molecule has 0 aromatic carbocycles. The average molecular weight is 237 g/mol. The van der Waals surface area contributed by atoms with Gasteiger partial charge in [0.25, 0.3) is 0 Å². The van der Waals surface area contributed by atoms with Gasteiger partial charge in [0.2, 0.25) is 0 Å². The minimum atomic E-state index is 0.152. The summed E-state index contributed by atoms with van der Waals surface area (Å²) in [5.74, 6) is 0.835. The Kier molecular flexibility index (Phi) is 2.79. The Morgan fingerprint density at radius 2 is 1.88 bits per heavy atom. The summed E-state index contributed by atoms with van der Waals surface area (Å²) < 4.78 is 5.24. The van der Waals surface area contributed by atoms with E-state index in [2.05, 4.69) is 18.9 Å². The first kappa shape index (κ1) is 11.7. The molecular weight excluding hydrogens is 214 g/mol. The van der Waals surface area contributed by atoms with Gasteiger partial charge in [-0.15, -0.1) is 0 Å². The van der Waals surface area contributed by atoms with Crippen LogP contribution in [0.2, 0.25) is 0 Å². The van der Waals surface area contributed by atoms with E-state index in [0.717, 1.165) is 32.5 Å². The topological polar surface area (TPSA) is 29.5 Å². The van der Waals surface area contributed by atoms with Crippen LogP contribution in [0.25, 0.3) is 0 Å². The summed E-state index contributed by atoms with van der Waals surface area (Å²) in [4.78, 5) is 14.9. The molecule has 0 aromatic heterocycles. The van der Waals surface area contributed by atoms with E-state index >= 15 is 0 Å². The van der Waals surface area contributed by atoms with Crippen LogP contribution in [0, 0.1) is 11.3 Å². The fraction of sp³-hybridized carbons (Fsp3) is 0.929. The smallest absolute Gasteiger partial charge is 0.136 e. The van der Waals surface area contributed by atoms with Crippen molar-refractivity contribution >= 4 is 5.78 Å². The molecule has 0 amide bonds. The molecule has 3 aliphatic rings. The number of carbonyl (C=O) groups is 1. The zero-order valence-corrected chi connectivity index (χ0v) is 10.9. The minimum Gasteiger partial charge on any atom is -0.380 e. The zero-order chi connectivity index (χ0) is 12.0. The first-order chi connectivity index (χ1) is 8.07. The lowest BCUT2D eigenvalue weighted by Gasteiger charge is -2.40. The lowest BCUT2D eigenvalue weighted by atomic mass is 9.77. The molecule has 0 aromatic rings. The third-order valence-electron chi connectivity index (χ3n) is 5.06. The van der Waals surface area contributed by atoms with Gasteiger partial charge in [0.15, 0.2) is 0 Å². The van der Waals surface area contributed by atoms with E-state index in [4.69, 9.17) is 4.74 Å². The second-order valence-electron chi connectivity index (χ2n) is 6.67. The Bertz CT molecular complexity index is 310. The van der Waals surface area contributed by atoms with Gasteiger partial charge < -0.3 is 9.64 Å². The molecule has 3 rings (SSSR count). The van der Waals surface area contributed by atoms with Crippen molar-refractivity contribution in [3.63, 3.8) is 0 Å². The van der Waals surface area contributed by atoms with Crippen LogP contribution in [0.5, 0.6) is 0 Å². The van der Waals surface area contributed by atoms with Crippen LogP contribution in [0.1, 0.15) is 39.0 Å². The molecule has 3 nitrogen and oxygen atoms in total. The van der Waals surface area contributed by atoms with Crippen LogP contribution >= 0.6 is 0 Å². The van der Waals surface area contributed by atoms with Crippen molar-refractivity contribution in [1.29, 1.82) is 0 Å². The van der Waals surface area contributed by atoms with Gasteiger partial charge in [0.05, 0.1) is 13.2 Å². The lowest BCUT2D eigenvalue weighted by molar-refractivity contribution is -0.142. The summed E-state index contributed by atoms with van der Waals surface area (Å²) in [7, 11) is 2.23. The fourth-order valence-electron chi connectivity index (χ4n) is 3.79. The summed E-state index contributed by atoms with van der Waals surface area (Å²) in [6.45, 7) is 3.73. The van der Waals surface area contributed by atoms with Crippen LogP contribution in [0.15, 0.2) is 0 Å². The first-order valence-electron chi connectivity index (χ1n) is 6.90. The molecule has 2 unspecified atom stereocenters. The monoisotopic (exact) mass is 237 g/mol. The highest BCUT2D eigenvalue weighted by Gasteiger charge is 2.43. The molecule has 3 heterocycles. The Balaban J connectivity index is 1.60. The number of carbonyl (C=O) groups excluding carboxylic acids is 1. The summed E-state index contributed by atoms with van der Waals surface area (Å²) in [6, 6.07) is 1.35. The molecule has 0 radical (unpaired) electrons. The predicted molar refractivity (Wildman–Crippen MR) is 65.8 cm³/mol. The quantitative estimate of drug-likeness (QED) is 0.750. The zero-order valence-electron chi connectivity index (χ0n) is 10.9. The third-order valence-corrected chi connectivity index (χ3v) is 5.06. The van der Waals surface area contributed by atoms with Crippen molar-refractivity contribution in [2.24, 2.45) is 11.3 Å². The van der Waals surface area contributed by atoms with E-state index in [9.17, 15) is 4.79 Å². The molecular formula is C14H23NO2. The van der Waals surface area contributed by atoms with Gasteiger partial charge in [0.1, 0.15) is 5.78 Å². The molecule has 0 saturated carbocycles. The van der Waals surface area contributed by atoms with E-state index in [-0.39, 0.29) is 5.41 Å². The van der Waals surface area contributed by atoms with Crippen molar-refractivity contribution in [3.8, 4) is 0 Å². The maximum atomic E-state index is 12.4. The Hall–Kier alpha value is -0.410. The van der Waals surface area contributed by atoms with E-state index in [0.29, 0.717) is 23.8 Å². The average Bonchev–Trinajstić information content (AvgIpc) is 2.51. The van der Waals surface area contributed by atoms with Crippen molar-refractivity contribution in [1.82, 2.24) is 4.90 Å². The van der Waals surface area contributed by atoms with Crippen molar-refractivity contribution in [2.45, 2.75) is 51.1 Å². The van der Waals surface area contributed by atoms with Gasteiger partial charge in [-0.25, -0.2) is 0 Å². The molecule has 2 bridgehead atoms. The Morgan fingerprint density at radius 1 is 1.29 bits per heavy atom. The molecule has 3 heteroatoms. The van der Waals surface area contributed by atoms with Gasteiger partial charge in [0, 0.05) is 29.8 Å². The largest absolute Gasteiger partial charge is 0.380 e. The molecule has 0 aliphatic carbocycles. The first-order valence-corrected chi connectivity index (χ1v) is 6.90. The number of fused-ring (bicyclic) bond motifs is 2. The van der Waals surface area contributed by atoms with Gasteiger partial charge >= 0.3 is 0 Å². The van der Waals surface area contributed by atoms with Gasteiger partial charge in [-0.05, 0) is 32.7 Å². The van der Waals surface area contributed by atoms with E-state index in [1.54, 1.807) is 0 Å². The summed E-state index contributed by atoms with van der Waals surface area (Å²) in [5.41, 5.74) is 0.152. The van der Waals surface area contributed by atoms with Gasteiger partial charge in [-0.3, -0.25) is 4.79 Å². The molecule has 0 N–H and O–H groups in total. The SMILES string of the molecule is CN1C2CCC1CC(C(=O)CC1(C)COC1)C2. The molecule has 3 fully saturated rings. The van der Waals surface area contributed by atoms with E-state index in [1.807, 2.05) is 0 Å². The second kappa shape index (κ2) is 4.06. The lowest BCUT2D eigenvalue weighted by Crippen LogP contribution is -2.46. The summed E-state index contributed by atoms with van der Waals surface area (Å²) >= 11 is 0. The number of piperidine rings is 1. The standard InChI is InChI=1S/C14H23NO2/c1-14(8-17-9-14)7-13(16)10-5-11-3-4-12(6-10)15(11)2/h10-12H,3-9H2,1-2H3. The molecule has 3 saturated heterocycles. The highest BCUT2D eigenvalue weighted by atomic mass is 16.5. The number of ether oxygens (including phenoxy) is 1. The van der Waals surface area contributed by atoms with Crippen LogP contribution in [0.4, 0.5) is 0 Å². The molecule has 17 heavy (non-hydrogen) atoms. The number of hydrogen-bond donors (Lipinski definition) is 0. The molecule has 3 aliphatic heterocycles. The van der Waals surface area contributed by atoms with Crippen molar-refractivity contribution < 1.29 is 9.53 Å². The number of nitrogens with zero attached hydrogens (tertiary/aromatic N) is 1.